The lowest BCUT2D eigenvalue weighted by molar-refractivity contribution is -0.139. The number of ether oxygens (including phenoxy) is 3. The molecule has 0 bridgehead atoms. The maximum atomic E-state index is 12.6. The first-order valence-corrected chi connectivity index (χ1v) is 16.0. The lowest BCUT2D eigenvalue weighted by Crippen LogP contribution is -2.67. The van der Waals surface area contributed by atoms with Crippen molar-refractivity contribution in [3.8, 4) is 5.75 Å². The van der Waals surface area contributed by atoms with Crippen LogP contribution < -0.4 is 15.1 Å². The number of esters is 1. The summed E-state index contributed by atoms with van der Waals surface area (Å²) >= 11 is 0. The maximum absolute atomic E-state index is 12.6. The highest BCUT2D eigenvalue weighted by Gasteiger charge is 2.51. The molecule has 0 saturated heterocycles. The molecule has 40 heavy (non-hydrogen) atoms. The highest BCUT2D eigenvalue weighted by Crippen LogP contribution is 2.39. The largest absolute Gasteiger partial charge is 0.497 e. The monoisotopic (exact) mass is 558 g/mol. The van der Waals surface area contributed by atoms with E-state index in [-0.39, 0.29) is 23.2 Å². The fourth-order valence-electron chi connectivity index (χ4n) is 5.50. The molecule has 4 rings (SSSR count). The average Bonchev–Trinajstić information content (AvgIpc) is 3.27. The normalized spacial score (nSPS) is 16.4. The Morgan fingerprint density at radius 2 is 1.50 bits per heavy atom. The number of hydrogen-bond acceptors (Lipinski definition) is 5. The van der Waals surface area contributed by atoms with Gasteiger partial charge in [-0.2, -0.15) is 0 Å². The Hall–Kier alpha value is -3.19. The predicted molar refractivity (Wildman–Crippen MR) is 163 cm³/mol. The van der Waals surface area contributed by atoms with E-state index in [0.717, 1.165) is 24.2 Å². The van der Waals surface area contributed by atoms with Crippen LogP contribution in [0.25, 0.3) is 0 Å². The Kier molecular flexibility index (Phi) is 10.0. The molecule has 0 fully saturated rings. The number of methoxy groups -OCH3 is 1. The van der Waals surface area contributed by atoms with Crippen molar-refractivity contribution in [1.29, 1.82) is 0 Å². The van der Waals surface area contributed by atoms with E-state index in [1.54, 1.807) is 7.11 Å². The van der Waals surface area contributed by atoms with Gasteiger partial charge >= 0.3 is 5.97 Å². The Bertz CT molecular complexity index is 1210. The van der Waals surface area contributed by atoms with E-state index < -0.39 is 8.32 Å². The van der Waals surface area contributed by atoms with Crippen LogP contribution in [0.1, 0.15) is 52.5 Å². The number of hydrogen-bond donors (Lipinski definition) is 0. The summed E-state index contributed by atoms with van der Waals surface area (Å²) < 4.78 is 24.1. The van der Waals surface area contributed by atoms with Crippen LogP contribution in [-0.4, -0.2) is 40.2 Å². The number of rotatable bonds is 13. The summed E-state index contributed by atoms with van der Waals surface area (Å²) in [5.74, 6) is 0.598. The zero-order valence-electron chi connectivity index (χ0n) is 24.4. The SMILES string of the molecule is COc1ccc(COCCC[C@H](CC2=C[C@H](C)OC2=O)O[Si](c2ccccc2)(c2ccccc2)C(C)(C)C)cc1. The van der Waals surface area contributed by atoms with Gasteiger partial charge in [0.1, 0.15) is 11.9 Å². The molecule has 1 heterocycles. The Labute approximate surface area is 240 Å². The molecular weight excluding hydrogens is 516 g/mol. The first kappa shape index (κ1) is 29.8. The molecule has 212 valence electrons. The molecule has 5 nitrogen and oxygen atoms in total. The molecule has 2 atom stereocenters. The third kappa shape index (κ3) is 7.11. The first-order valence-electron chi connectivity index (χ1n) is 14.1. The summed E-state index contributed by atoms with van der Waals surface area (Å²) in [6, 6.07) is 29.2. The quantitative estimate of drug-likeness (QED) is 0.142. The van der Waals surface area contributed by atoms with E-state index in [1.807, 2.05) is 37.3 Å². The number of cyclic esters (lactones) is 1. The molecule has 0 N–H and O–H groups in total. The zero-order valence-corrected chi connectivity index (χ0v) is 25.4. The van der Waals surface area contributed by atoms with Gasteiger partial charge in [-0.3, -0.25) is 0 Å². The lowest BCUT2D eigenvalue weighted by Gasteiger charge is -2.45. The van der Waals surface area contributed by atoms with Gasteiger partial charge < -0.3 is 18.6 Å². The van der Waals surface area contributed by atoms with Gasteiger partial charge in [-0.15, -0.1) is 0 Å². The molecule has 3 aromatic rings. The molecule has 0 unspecified atom stereocenters. The Morgan fingerprint density at radius 1 is 0.900 bits per heavy atom. The van der Waals surface area contributed by atoms with Crippen LogP contribution >= 0.6 is 0 Å². The molecule has 3 aromatic carbocycles. The Morgan fingerprint density at radius 3 is 2.00 bits per heavy atom. The van der Waals surface area contributed by atoms with Crippen molar-refractivity contribution < 1.29 is 23.4 Å². The third-order valence-corrected chi connectivity index (χ3v) is 12.5. The first-order chi connectivity index (χ1) is 19.2. The molecule has 6 heteroatoms. The predicted octanol–water partition coefficient (Wildman–Crippen LogP) is 6.20. The van der Waals surface area contributed by atoms with E-state index in [4.69, 9.17) is 18.6 Å². The second kappa shape index (κ2) is 13.4. The van der Waals surface area contributed by atoms with Crippen molar-refractivity contribution in [3.63, 3.8) is 0 Å². The molecule has 0 aromatic heterocycles. The molecule has 0 radical (unpaired) electrons. The molecule has 1 aliphatic rings. The van der Waals surface area contributed by atoms with Crippen LogP contribution in [0.5, 0.6) is 5.75 Å². The van der Waals surface area contributed by atoms with Crippen molar-refractivity contribution in [2.24, 2.45) is 0 Å². The smallest absolute Gasteiger partial charge is 0.334 e. The van der Waals surface area contributed by atoms with E-state index in [0.29, 0.717) is 25.2 Å². The van der Waals surface area contributed by atoms with E-state index in [1.165, 1.54) is 10.4 Å². The summed E-state index contributed by atoms with van der Waals surface area (Å²) in [6.45, 7) is 9.87. The summed E-state index contributed by atoms with van der Waals surface area (Å²) in [6.07, 6.45) is 3.67. The summed E-state index contributed by atoms with van der Waals surface area (Å²) in [7, 11) is -1.12. The van der Waals surface area contributed by atoms with Gasteiger partial charge in [-0.1, -0.05) is 93.6 Å². The molecule has 0 spiro atoms. The van der Waals surface area contributed by atoms with Crippen molar-refractivity contribution in [2.45, 2.75) is 70.8 Å². The zero-order chi connectivity index (χ0) is 28.6. The van der Waals surface area contributed by atoms with Gasteiger partial charge in [-0.25, -0.2) is 4.79 Å². The fraction of sp³-hybridized carbons (Fsp3) is 0.382. The van der Waals surface area contributed by atoms with Gasteiger partial charge in [0, 0.05) is 18.6 Å². The number of benzene rings is 3. The standard InChI is InChI=1S/C34H42O5Si/c1-26-23-28(33(35)38-26)24-30(13-12-22-37-25-27-18-20-29(36-5)21-19-27)39-40(34(2,3)4,31-14-8-6-9-15-31)32-16-10-7-11-17-32/h6-11,14-21,23,26,30H,12-13,22,24-25H2,1-5H3/t26-,30+/m0/s1. The fourth-order valence-corrected chi connectivity index (χ4v) is 10.2. The Balaban J connectivity index is 1.57. The van der Waals surface area contributed by atoms with Gasteiger partial charge in [0.05, 0.1) is 19.8 Å². The molecular formula is C34H42O5Si. The lowest BCUT2D eigenvalue weighted by atomic mass is 10.0. The maximum Gasteiger partial charge on any atom is 0.334 e. The highest BCUT2D eigenvalue weighted by molar-refractivity contribution is 6.99. The minimum absolute atomic E-state index is 0.156. The van der Waals surface area contributed by atoms with Crippen molar-refractivity contribution >= 4 is 24.7 Å². The van der Waals surface area contributed by atoms with Crippen LogP contribution in [0.15, 0.2) is 96.6 Å². The minimum Gasteiger partial charge on any atom is -0.497 e. The van der Waals surface area contributed by atoms with Crippen molar-refractivity contribution in [3.05, 3.63) is 102 Å². The van der Waals surface area contributed by atoms with Crippen LogP contribution in [0.2, 0.25) is 5.04 Å². The van der Waals surface area contributed by atoms with Crippen molar-refractivity contribution in [2.75, 3.05) is 13.7 Å². The second-order valence-corrected chi connectivity index (χ2v) is 15.7. The molecule has 0 amide bonds. The van der Waals surface area contributed by atoms with Crippen molar-refractivity contribution in [1.82, 2.24) is 0 Å². The van der Waals surface area contributed by atoms with Gasteiger partial charge in [0.15, 0.2) is 0 Å². The minimum atomic E-state index is -2.79. The third-order valence-electron chi connectivity index (χ3n) is 7.44. The van der Waals surface area contributed by atoms with Crippen LogP contribution in [-0.2, 0) is 25.3 Å². The van der Waals surface area contributed by atoms with Crippen LogP contribution in [0.3, 0.4) is 0 Å². The van der Waals surface area contributed by atoms with Crippen LogP contribution in [0, 0.1) is 0 Å². The van der Waals surface area contributed by atoms with Crippen LogP contribution in [0.4, 0.5) is 0 Å². The van der Waals surface area contributed by atoms with Gasteiger partial charge in [0.2, 0.25) is 0 Å². The molecule has 0 saturated carbocycles. The topological polar surface area (TPSA) is 54.0 Å². The van der Waals surface area contributed by atoms with E-state index >= 15 is 0 Å². The van der Waals surface area contributed by atoms with Gasteiger partial charge in [0.25, 0.3) is 8.32 Å². The highest BCUT2D eigenvalue weighted by atomic mass is 28.4. The molecule has 0 aliphatic carbocycles. The van der Waals surface area contributed by atoms with E-state index in [2.05, 4.69) is 81.4 Å². The number of carbonyl (C=O) groups is 1. The van der Waals surface area contributed by atoms with Gasteiger partial charge in [-0.05, 0) is 58.9 Å². The summed E-state index contributed by atoms with van der Waals surface area (Å²) in [5, 5.41) is 2.30. The second-order valence-electron chi connectivity index (χ2n) is 11.5. The number of carbonyl (C=O) groups excluding carboxylic acids is 1. The summed E-state index contributed by atoms with van der Waals surface area (Å²) in [4.78, 5) is 12.6. The summed E-state index contributed by atoms with van der Waals surface area (Å²) in [5.41, 5.74) is 1.81. The molecule has 1 aliphatic heterocycles. The average molecular weight is 559 g/mol. The van der Waals surface area contributed by atoms with E-state index in [9.17, 15) is 4.79 Å².